The van der Waals surface area contributed by atoms with E-state index in [1.165, 1.54) is 34.4 Å². The van der Waals surface area contributed by atoms with Crippen LogP contribution in [-0.4, -0.2) is 68.1 Å². The van der Waals surface area contributed by atoms with Gasteiger partial charge in [0.05, 0.1) is 6.04 Å². The number of aryl methyl sites for hydroxylation is 1. The second-order valence-corrected chi connectivity index (χ2v) is 12.2. The third-order valence-electron chi connectivity index (χ3n) is 9.17. The summed E-state index contributed by atoms with van der Waals surface area (Å²) in [5.41, 5.74) is 7.55. The zero-order valence-electron chi connectivity index (χ0n) is 24.2. The van der Waals surface area contributed by atoms with Crippen LogP contribution < -0.4 is 20.9 Å². The molecule has 3 atom stereocenters. The summed E-state index contributed by atoms with van der Waals surface area (Å²) in [6, 6.07) is 21.9. The summed E-state index contributed by atoms with van der Waals surface area (Å²) in [6.07, 6.45) is 4.33. The van der Waals surface area contributed by atoms with Gasteiger partial charge in [0.1, 0.15) is 6.04 Å². The van der Waals surface area contributed by atoms with Crippen LogP contribution in [0, 0.1) is 0 Å². The molecular weight excluding hydrogens is 546 g/mol. The van der Waals surface area contributed by atoms with Gasteiger partial charge in [0, 0.05) is 55.9 Å². The van der Waals surface area contributed by atoms with E-state index in [0.717, 1.165) is 31.5 Å². The van der Waals surface area contributed by atoms with E-state index < -0.39 is 6.04 Å². The topological polar surface area (TPSA) is 76.7 Å². The number of nitrogens with one attached hydrogen (secondary N) is 3. The molecule has 0 bridgehead atoms. The summed E-state index contributed by atoms with van der Waals surface area (Å²) in [5.74, 6) is -0.162. The van der Waals surface area contributed by atoms with Crippen molar-refractivity contribution < 1.29 is 9.59 Å². The molecule has 7 nitrogen and oxygen atoms in total. The highest BCUT2D eigenvalue weighted by molar-refractivity contribution is 6.30. The summed E-state index contributed by atoms with van der Waals surface area (Å²) < 4.78 is 0. The van der Waals surface area contributed by atoms with E-state index in [0.29, 0.717) is 43.5 Å². The van der Waals surface area contributed by atoms with E-state index in [-0.39, 0.29) is 17.9 Å². The van der Waals surface area contributed by atoms with E-state index in [9.17, 15) is 9.59 Å². The fraction of sp³-hybridized carbons (Fsp3) is 0.412. The Kier molecular flexibility index (Phi) is 8.79. The van der Waals surface area contributed by atoms with Crippen LogP contribution in [0.5, 0.6) is 0 Å². The number of hydrogen-bond donors (Lipinski definition) is 3. The van der Waals surface area contributed by atoms with E-state index in [4.69, 9.17) is 11.6 Å². The number of likely N-dealkylation sites (N-methyl/N-ethyl adjacent to an activating group) is 1. The standard InChI is InChI=1S/C34H40ClN5O2/c1-36-28-14-11-24-7-4-8-32(29(24)21-28)39-15-17-40(18-16-39)34(42)31(19-23-9-12-27(35)13-10-23)38-33(41)30-20-25-5-2-3-6-26(25)22-37-30/h2-10,12-13,28,30-31,36-37H,11,14-22H2,1H3,(H,38,41)/t28?,30-,31-/m1/s1. The Morgan fingerprint density at radius 2 is 1.67 bits per heavy atom. The molecule has 0 radical (unpaired) electrons. The number of nitrogens with zero attached hydrogens (tertiary/aromatic N) is 2. The molecule has 0 spiro atoms. The van der Waals surface area contributed by atoms with Crippen LogP contribution in [0.3, 0.4) is 0 Å². The highest BCUT2D eigenvalue weighted by Gasteiger charge is 2.33. The fourth-order valence-electron chi connectivity index (χ4n) is 6.67. The van der Waals surface area contributed by atoms with Crippen LogP contribution in [0.2, 0.25) is 5.02 Å². The molecule has 1 fully saturated rings. The molecule has 1 saturated heterocycles. The van der Waals surface area contributed by atoms with Crippen molar-refractivity contribution in [2.24, 2.45) is 0 Å². The zero-order chi connectivity index (χ0) is 29.1. The van der Waals surface area contributed by atoms with Crippen molar-refractivity contribution in [1.82, 2.24) is 20.9 Å². The molecule has 6 rings (SSSR count). The highest BCUT2D eigenvalue weighted by atomic mass is 35.5. The molecule has 3 N–H and O–H groups in total. The van der Waals surface area contributed by atoms with Crippen LogP contribution in [0.25, 0.3) is 0 Å². The monoisotopic (exact) mass is 585 g/mol. The molecule has 42 heavy (non-hydrogen) atoms. The van der Waals surface area contributed by atoms with Crippen molar-refractivity contribution in [3.8, 4) is 0 Å². The molecule has 3 aromatic rings. The maximum Gasteiger partial charge on any atom is 0.245 e. The van der Waals surface area contributed by atoms with E-state index in [1.54, 1.807) is 0 Å². The van der Waals surface area contributed by atoms with Gasteiger partial charge in [-0.05, 0) is 78.7 Å². The summed E-state index contributed by atoms with van der Waals surface area (Å²) in [4.78, 5) is 31.8. The minimum Gasteiger partial charge on any atom is -0.368 e. The van der Waals surface area contributed by atoms with Gasteiger partial charge in [0.2, 0.25) is 11.8 Å². The van der Waals surface area contributed by atoms with Gasteiger partial charge in [-0.3, -0.25) is 9.59 Å². The summed E-state index contributed by atoms with van der Waals surface area (Å²) >= 11 is 6.12. The third-order valence-corrected chi connectivity index (χ3v) is 9.42. The van der Waals surface area contributed by atoms with E-state index >= 15 is 0 Å². The Morgan fingerprint density at radius 3 is 2.43 bits per heavy atom. The van der Waals surface area contributed by atoms with Gasteiger partial charge in [-0.25, -0.2) is 0 Å². The Hall–Kier alpha value is -3.39. The predicted molar refractivity (Wildman–Crippen MR) is 168 cm³/mol. The molecule has 2 amide bonds. The fourth-order valence-corrected chi connectivity index (χ4v) is 6.79. The van der Waals surface area contributed by atoms with Crippen molar-refractivity contribution in [2.75, 3.05) is 38.1 Å². The normalized spacial score (nSPS) is 20.8. The number of benzene rings is 3. The largest absolute Gasteiger partial charge is 0.368 e. The summed E-state index contributed by atoms with van der Waals surface area (Å²) in [7, 11) is 2.05. The number of carbonyl (C=O) groups is 2. The first-order valence-corrected chi connectivity index (χ1v) is 15.5. The van der Waals surface area contributed by atoms with Crippen molar-refractivity contribution in [3.05, 3.63) is 99.6 Å². The first-order chi connectivity index (χ1) is 20.5. The molecule has 3 aliphatic rings. The first kappa shape index (κ1) is 28.7. The average molecular weight is 586 g/mol. The Balaban J connectivity index is 1.14. The molecule has 220 valence electrons. The van der Waals surface area contributed by atoms with Gasteiger partial charge in [-0.2, -0.15) is 0 Å². The number of hydrogen-bond acceptors (Lipinski definition) is 5. The van der Waals surface area contributed by atoms with Gasteiger partial charge in [0.25, 0.3) is 0 Å². The van der Waals surface area contributed by atoms with Gasteiger partial charge >= 0.3 is 0 Å². The minimum atomic E-state index is -0.648. The maximum atomic E-state index is 14.0. The molecule has 0 aromatic heterocycles. The predicted octanol–water partition coefficient (Wildman–Crippen LogP) is 3.51. The number of amides is 2. The maximum absolute atomic E-state index is 14.0. The van der Waals surface area contributed by atoms with Gasteiger partial charge in [-0.1, -0.05) is 60.1 Å². The Labute approximate surface area is 253 Å². The Bertz CT molecular complexity index is 1420. The molecule has 2 heterocycles. The third kappa shape index (κ3) is 6.33. The van der Waals surface area contributed by atoms with Crippen LogP contribution in [0.4, 0.5) is 5.69 Å². The van der Waals surface area contributed by atoms with E-state index in [2.05, 4.69) is 51.2 Å². The average Bonchev–Trinajstić information content (AvgIpc) is 3.04. The molecule has 8 heteroatoms. The van der Waals surface area contributed by atoms with Crippen LogP contribution in [0.1, 0.15) is 34.2 Å². The van der Waals surface area contributed by atoms with Gasteiger partial charge in [0.15, 0.2) is 0 Å². The number of piperazine rings is 1. The minimum absolute atomic E-state index is 0.0282. The second kappa shape index (κ2) is 12.9. The summed E-state index contributed by atoms with van der Waals surface area (Å²) in [5, 5.41) is 10.6. The van der Waals surface area contributed by atoms with Crippen molar-refractivity contribution in [3.63, 3.8) is 0 Å². The van der Waals surface area contributed by atoms with Crippen LogP contribution >= 0.6 is 11.6 Å². The quantitative estimate of drug-likeness (QED) is 0.396. The lowest BCUT2D eigenvalue weighted by Gasteiger charge is -2.39. The number of rotatable bonds is 7. The molecular formula is C34H40ClN5O2. The van der Waals surface area contributed by atoms with Crippen molar-refractivity contribution in [1.29, 1.82) is 0 Å². The number of anilines is 1. The SMILES string of the molecule is CNC1CCc2cccc(N3CCN(C(=O)[C@@H](Cc4ccc(Cl)cc4)NC(=O)[C@H]4Cc5ccccc5CN4)CC3)c2C1. The van der Waals surface area contributed by atoms with Crippen molar-refractivity contribution in [2.45, 2.75) is 56.8 Å². The van der Waals surface area contributed by atoms with Crippen LogP contribution in [0.15, 0.2) is 66.7 Å². The molecule has 0 saturated carbocycles. The molecule has 3 aromatic carbocycles. The second-order valence-electron chi connectivity index (χ2n) is 11.8. The van der Waals surface area contributed by atoms with Gasteiger partial charge in [-0.15, -0.1) is 0 Å². The molecule has 1 aliphatic carbocycles. The lowest BCUT2D eigenvalue weighted by atomic mass is 9.87. The highest BCUT2D eigenvalue weighted by Crippen LogP contribution is 2.31. The smallest absolute Gasteiger partial charge is 0.245 e. The first-order valence-electron chi connectivity index (χ1n) is 15.1. The lowest BCUT2D eigenvalue weighted by molar-refractivity contribution is -0.137. The number of halogens is 1. The zero-order valence-corrected chi connectivity index (χ0v) is 25.0. The summed E-state index contributed by atoms with van der Waals surface area (Å²) in [6.45, 7) is 3.44. The van der Waals surface area contributed by atoms with Crippen LogP contribution in [-0.2, 0) is 41.8 Å². The number of fused-ring (bicyclic) bond motifs is 2. The van der Waals surface area contributed by atoms with Crippen molar-refractivity contribution >= 4 is 29.1 Å². The van der Waals surface area contributed by atoms with E-state index in [1.807, 2.05) is 48.3 Å². The van der Waals surface area contributed by atoms with Gasteiger partial charge < -0.3 is 25.8 Å². The molecule has 1 unspecified atom stereocenters. The number of carbonyl (C=O) groups excluding carboxylic acids is 2. The lowest BCUT2D eigenvalue weighted by Crippen LogP contribution is -2.58. The Morgan fingerprint density at radius 1 is 0.929 bits per heavy atom. The molecule has 2 aliphatic heterocycles.